The fraction of sp³-hybridized carbons (Fsp3) is 0.241. The summed E-state index contributed by atoms with van der Waals surface area (Å²) in [5.41, 5.74) is 2.99. The van der Waals surface area contributed by atoms with Crippen LogP contribution in [0.25, 0.3) is 0 Å². The van der Waals surface area contributed by atoms with Crippen molar-refractivity contribution in [1.82, 2.24) is 0 Å². The number of hydrogen-bond acceptors (Lipinski definition) is 4. The normalized spacial score (nSPS) is 10.5. The summed E-state index contributed by atoms with van der Waals surface area (Å²) in [5, 5.41) is 0. The minimum absolute atomic E-state index is 0.0986. The van der Waals surface area contributed by atoms with Crippen LogP contribution in [0.1, 0.15) is 48.4 Å². The van der Waals surface area contributed by atoms with Crippen molar-refractivity contribution in [3.8, 4) is 35.2 Å². The predicted molar refractivity (Wildman–Crippen MR) is 138 cm³/mol. The average molecular weight is 489 g/mol. The summed E-state index contributed by atoms with van der Waals surface area (Å²) >= 11 is 0. The van der Waals surface area contributed by atoms with E-state index in [0.29, 0.717) is 29.2 Å². The Morgan fingerprint density at radius 1 is 0.714 bits per heavy atom. The lowest BCUT2D eigenvalue weighted by Crippen LogP contribution is -2.09. The van der Waals surface area contributed by atoms with E-state index in [-0.39, 0.29) is 18.8 Å². The SMILES string of the molecule is CCCCOc1cc(C#Cc2ccccc2)c(OCCCS(=O)(=O)O)cc1C#Cc1ccccc1. The maximum absolute atomic E-state index is 11.1. The highest BCUT2D eigenvalue weighted by Gasteiger charge is 2.12. The molecule has 0 aliphatic rings. The standard InChI is InChI=1S/C29H28O5S/c1-2-3-19-33-28-22-27(18-16-25-13-8-5-9-14-25)29(34-20-10-21-35(30,31)32)23-26(28)17-15-24-11-6-4-7-12-24/h4-9,11-14,22-23H,2-3,10,19-21H2,1H3,(H,30,31,32). The van der Waals surface area contributed by atoms with Gasteiger partial charge in [-0.25, -0.2) is 0 Å². The summed E-state index contributed by atoms with van der Waals surface area (Å²) in [5.74, 6) is 13.3. The third kappa shape index (κ3) is 9.22. The first-order chi connectivity index (χ1) is 16.9. The highest BCUT2D eigenvalue weighted by molar-refractivity contribution is 7.85. The van der Waals surface area contributed by atoms with Gasteiger partial charge in [0, 0.05) is 23.3 Å². The van der Waals surface area contributed by atoms with Gasteiger partial charge in [-0.2, -0.15) is 8.42 Å². The van der Waals surface area contributed by atoms with Gasteiger partial charge in [0.1, 0.15) is 11.5 Å². The van der Waals surface area contributed by atoms with Crippen LogP contribution >= 0.6 is 0 Å². The molecule has 0 aromatic heterocycles. The van der Waals surface area contributed by atoms with Gasteiger partial charge < -0.3 is 9.47 Å². The first-order valence-electron chi connectivity index (χ1n) is 11.5. The van der Waals surface area contributed by atoms with Crippen LogP contribution in [0.3, 0.4) is 0 Å². The Morgan fingerprint density at radius 2 is 1.17 bits per heavy atom. The van der Waals surface area contributed by atoms with E-state index in [0.717, 1.165) is 24.0 Å². The van der Waals surface area contributed by atoms with Gasteiger partial charge in [0.15, 0.2) is 0 Å². The second-order valence-electron chi connectivity index (χ2n) is 7.77. The topological polar surface area (TPSA) is 72.8 Å². The van der Waals surface area contributed by atoms with Crippen LogP contribution in [0.4, 0.5) is 0 Å². The molecule has 0 heterocycles. The van der Waals surface area contributed by atoms with Crippen molar-refractivity contribution in [2.75, 3.05) is 19.0 Å². The van der Waals surface area contributed by atoms with E-state index in [2.05, 4.69) is 30.6 Å². The van der Waals surface area contributed by atoms with Gasteiger partial charge in [-0.3, -0.25) is 4.55 Å². The maximum Gasteiger partial charge on any atom is 0.264 e. The van der Waals surface area contributed by atoms with Gasteiger partial charge in [0.05, 0.1) is 30.1 Å². The lowest BCUT2D eigenvalue weighted by molar-refractivity contribution is 0.302. The molecule has 0 saturated heterocycles. The Morgan fingerprint density at radius 3 is 1.60 bits per heavy atom. The first-order valence-corrected chi connectivity index (χ1v) is 13.1. The van der Waals surface area contributed by atoms with E-state index in [1.807, 2.05) is 66.7 Å². The summed E-state index contributed by atoms with van der Waals surface area (Å²) in [7, 11) is -4.05. The molecule has 0 saturated carbocycles. The van der Waals surface area contributed by atoms with Gasteiger partial charge in [-0.15, -0.1) is 0 Å². The second-order valence-corrected chi connectivity index (χ2v) is 9.34. The highest BCUT2D eigenvalue weighted by Crippen LogP contribution is 2.29. The number of rotatable bonds is 9. The van der Waals surface area contributed by atoms with E-state index < -0.39 is 10.1 Å². The average Bonchev–Trinajstić information content (AvgIpc) is 2.86. The molecule has 5 nitrogen and oxygen atoms in total. The van der Waals surface area contributed by atoms with Gasteiger partial charge in [0.25, 0.3) is 10.1 Å². The molecule has 180 valence electrons. The molecule has 0 spiro atoms. The lowest BCUT2D eigenvalue weighted by atomic mass is 10.1. The van der Waals surface area contributed by atoms with Crippen molar-refractivity contribution in [3.05, 3.63) is 95.1 Å². The molecule has 0 atom stereocenters. The zero-order chi connectivity index (χ0) is 24.9. The number of benzene rings is 3. The summed E-state index contributed by atoms with van der Waals surface area (Å²) in [6, 6.07) is 22.8. The van der Waals surface area contributed by atoms with E-state index >= 15 is 0 Å². The Hall–Kier alpha value is -3.71. The summed E-state index contributed by atoms with van der Waals surface area (Å²) in [6.07, 6.45) is 2.05. The van der Waals surface area contributed by atoms with Crippen molar-refractivity contribution in [1.29, 1.82) is 0 Å². The zero-order valence-electron chi connectivity index (χ0n) is 19.7. The molecular formula is C29H28O5S. The van der Waals surface area contributed by atoms with Gasteiger partial charge in [-0.1, -0.05) is 73.4 Å². The van der Waals surface area contributed by atoms with Crippen LogP contribution in [-0.2, 0) is 10.1 Å². The Balaban J connectivity index is 1.98. The molecule has 3 rings (SSSR count). The van der Waals surface area contributed by atoms with Gasteiger partial charge >= 0.3 is 0 Å². The van der Waals surface area contributed by atoms with Gasteiger partial charge in [0.2, 0.25) is 0 Å². The third-order valence-electron chi connectivity index (χ3n) is 4.87. The van der Waals surface area contributed by atoms with E-state index in [4.69, 9.17) is 14.0 Å². The molecule has 6 heteroatoms. The Bertz CT molecular complexity index is 1330. The largest absolute Gasteiger partial charge is 0.492 e. The molecule has 0 fully saturated rings. The predicted octanol–water partition coefficient (Wildman–Crippen LogP) is 5.32. The molecule has 0 amide bonds. The molecule has 0 radical (unpaired) electrons. The van der Waals surface area contributed by atoms with E-state index in [9.17, 15) is 8.42 Å². The quantitative estimate of drug-likeness (QED) is 0.251. The van der Waals surface area contributed by atoms with Crippen molar-refractivity contribution < 1.29 is 22.4 Å². The van der Waals surface area contributed by atoms with Crippen LogP contribution < -0.4 is 9.47 Å². The van der Waals surface area contributed by atoms with Crippen LogP contribution in [0.2, 0.25) is 0 Å². The monoisotopic (exact) mass is 488 g/mol. The molecule has 3 aromatic carbocycles. The van der Waals surface area contributed by atoms with Crippen LogP contribution in [0.5, 0.6) is 11.5 Å². The maximum atomic E-state index is 11.1. The first kappa shape index (κ1) is 25.9. The number of unbranched alkanes of at least 4 members (excludes halogenated alkanes) is 1. The molecule has 0 aliphatic carbocycles. The summed E-state index contributed by atoms with van der Waals surface area (Å²) in [4.78, 5) is 0. The Kier molecular flexibility index (Phi) is 9.80. The van der Waals surface area contributed by atoms with Crippen LogP contribution in [0, 0.1) is 23.7 Å². The van der Waals surface area contributed by atoms with E-state index in [1.54, 1.807) is 6.07 Å². The van der Waals surface area contributed by atoms with Crippen molar-refractivity contribution in [2.24, 2.45) is 0 Å². The Labute approximate surface area is 207 Å². The zero-order valence-corrected chi connectivity index (χ0v) is 20.5. The smallest absolute Gasteiger partial charge is 0.264 e. The number of ether oxygens (including phenoxy) is 2. The van der Waals surface area contributed by atoms with Crippen LogP contribution in [-0.4, -0.2) is 31.9 Å². The lowest BCUT2D eigenvalue weighted by Gasteiger charge is -2.13. The summed E-state index contributed by atoms with van der Waals surface area (Å²) in [6.45, 7) is 2.75. The van der Waals surface area contributed by atoms with Crippen molar-refractivity contribution in [3.63, 3.8) is 0 Å². The minimum atomic E-state index is -4.05. The molecule has 0 bridgehead atoms. The van der Waals surface area contributed by atoms with Crippen molar-refractivity contribution in [2.45, 2.75) is 26.2 Å². The molecule has 3 aromatic rings. The minimum Gasteiger partial charge on any atom is -0.492 e. The summed E-state index contributed by atoms with van der Waals surface area (Å²) < 4.78 is 43.1. The van der Waals surface area contributed by atoms with Crippen molar-refractivity contribution >= 4 is 10.1 Å². The number of hydrogen-bond donors (Lipinski definition) is 1. The van der Waals surface area contributed by atoms with E-state index in [1.165, 1.54) is 0 Å². The molecular weight excluding hydrogens is 460 g/mol. The fourth-order valence-corrected chi connectivity index (χ4v) is 3.55. The highest BCUT2D eigenvalue weighted by atomic mass is 32.2. The third-order valence-corrected chi connectivity index (χ3v) is 5.68. The van der Waals surface area contributed by atoms with Crippen LogP contribution in [0.15, 0.2) is 72.8 Å². The molecule has 35 heavy (non-hydrogen) atoms. The second kappa shape index (κ2) is 13.2. The molecule has 1 N–H and O–H groups in total. The molecule has 0 unspecified atom stereocenters. The van der Waals surface area contributed by atoms with Gasteiger partial charge in [-0.05, 0) is 37.1 Å². The fourth-order valence-electron chi connectivity index (χ4n) is 3.07. The molecule has 0 aliphatic heterocycles.